The molecule has 0 aliphatic rings. The number of alkyl halides is 1. The lowest BCUT2D eigenvalue weighted by atomic mass is 10.0. The van der Waals surface area contributed by atoms with Crippen molar-refractivity contribution in [1.29, 1.82) is 0 Å². The van der Waals surface area contributed by atoms with Crippen LogP contribution >= 0.6 is 39.1 Å². The van der Waals surface area contributed by atoms with Gasteiger partial charge in [-0.3, -0.25) is 0 Å². The minimum atomic E-state index is -0.196. The van der Waals surface area contributed by atoms with E-state index in [1.165, 1.54) is 5.56 Å². The summed E-state index contributed by atoms with van der Waals surface area (Å²) in [6, 6.07) is 14.0. The molecule has 20 heavy (non-hydrogen) atoms. The first-order chi connectivity index (χ1) is 9.61. The van der Waals surface area contributed by atoms with Crippen LogP contribution in [-0.4, -0.2) is 13.7 Å². The fourth-order valence-electron chi connectivity index (χ4n) is 1.96. The van der Waals surface area contributed by atoms with Crippen molar-refractivity contribution < 1.29 is 4.74 Å². The molecule has 0 amide bonds. The number of methoxy groups -OCH3 is 1. The monoisotopic (exact) mass is 372 g/mol. The molecule has 0 aliphatic heterocycles. The molecule has 2 aromatic rings. The Kier molecular flexibility index (Phi) is 5.91. The molecular weight excluding hydrogens is 359 g/mol. The van der Waals surface area contributed by atoms with Crippen molar-refractivity contribution in [3.05, 3.63) is 68.7 Å². The Labute approximate surface area is 138 Å². The zero-order chi connectivity index (χ0) is 14.5. The van der Waals surface area contributed by atoms with Crippen LogP contribution in [0.5, 0.6) is 0 Å². The molecule has 106 valence electrons. The second-order valence-electron chi connectivity index (χ2n) is 4.51. The van der Waals surface area contributed by atoms with Crippen LogP contribution in [0.2, 0.25) is 5.02 Å². The Balaban J connectivity index is 2.18. The smallest absolute Gasteiger partial charge is 0.0846 e. The first-order valence-corrected chi connectivity index (χ1v) is 7.89. The van der Waals surface area contributed by atoms with E-state index in [2.05, 4.69) is 40.2 Å². The molecule has 0 spiro atoms. The molecule has 0 radical (unpaired) electrons. The van der Waals surface area contributed by atoms with E-state index in [9.17, 15) is 0 Å². The molecule has 4 heteroatoms. The first-order valence-electron chi connectivity index (χ1n) is 6.28. The topological polar surface area (TPSA) is 9.23 Å². The Bertz CT molecular complexity index is 569. The molecular formula is C16H15BrCl2O. The SMILES string of the molecule is COCCc1ccc(C(Cl)c2ccc(Cl)cc2Br)cc1. The average Bonchev–Trinajstić information content (AvgIpc) is 2.45. The third kappa shape index (κ3) is 3.98. The molecule has 1 unspecified atom stereocenters. The molecule has 0 saturated carbocycles. The lowest BCUT2D eigenvalue weighted by Crippen LogP contribution is -1.97. The molecule has 0 heterocycles. The van der Waals surface area contributed by atoms with E-state index < -0.39 is 0 Å². The van der Waals surface area contributed by atoms with Crippen molar-refractivity contribution >= 4 is 39.1 Å². The molecule has 2 aromatic carbocycles. The summed E-state index contributed by atoms with van der Waals surface area (Å²) in [5.41, 5.74) is 3.33. The van der Waals surface area contributed by atoms with Gasteiger partial charge in [0.2, 0.25) is 0 Å². The zero-order valence-corrected chi connectivity index (χ0v) is 14.2. The summed E-state index contributed by atoms with van der Waals surface area (Å²) < 4.78 is 6.00. The molecule has 1 nitrogen and oxygen atoms in total. The second-order valence-corrected chi connectivity index (χ2v) is 6.24. The van der Waals surface area contributed by atoms with Crippen LogP contribution < -0.4 is 0 Å². The van der Waals surface area contributed by atoms with Gasteiger partial charge in [-0.25, -0.2) is 0 Å². The number of ether oxygens (including phenoxy) is 1. The number of halogens is 3. The van der Waals surface area contributed by atoms with Crippen LogP contribution in [0.1, 0.15) is 22.1 Å². The van der Waals surface area contributed by atoms with Gasteiger partial charge in [0, 0.05) is 16.6 Å². The van der Waals surface area contributed by atoms with Gasteiger partial charge in [-0.15, -0.1) is 11.6 Å². The van der Waals surface area contributed by atoms with Crippen molar-refractivity contribution in [2.24, 2.45) is 0 Å². The van der Waals surface area contributed by atoms with Crippen molar-refractivity contribution in [2.45, 2.75) is 11.8 Å². The minimum Gasteiger partial charge on any atom is -0.384 e. The van der Waals surface area contributed by atoms with Crippen LogP contribution in [0.3, 0.4) is 0 Å². The molecule has 0 N–H and O–H groups in total. The van der Waals surface area contributed by atoms with Crippen molar-refractivity contribution in [3.8, 4) is 0 Å². The van der Waals surface area contributed by atoms with Crippen LogP contribution in [0.25, 0.3) is 0 Å². The van der Waals surface area contributed by atoms with Crippen LogP contribution in [0.4, 0.5) is 0 Å². The van der Waals surface area contributed by atoms with Gasteiger partial charge in [-0.1, -0.05) is 57.9 Å². The average molecular weight is 374 g/mol. The normalized spacial score (nSPS) is 12.4. The van der Waals surface area contributed by atoms with Gasteiger partial charge in [-0.05, 0) is 35.2 Å². The van der Waals surface area contributed by atoms with E-state index in [0.717, 1.165) is 28.6 Å². The third-order valence-corrected chi connectivity index (χ3v) is 4.51. The predicted molar refractivity (Wildman–Crippen MR) is 88.9 cm³/mol. The number of benzene rings is 2. The maximum absolute atomic E-state index is 6.55. The van der Waals surface area contributed by atoms with Crippen LogP contribution in [0, 0.1) is 0 Å². The Morgan fingerprint density at radius 3 is 2.45 bits per heavy atom. The van der Waals surface area contributed by atoms with Gasteiger partial charge >= 0.3 is 0 Å². The fraction of sp³-hybridized carbons (Fsp3) is 0.250. The highest BCUT2D eigenvalue weighted by atomic mass is 79.9. The van der Waals surface area contributed by atoms with E-state index >= 15 is 0 Å². The Morgan fingerprint density at radius 1 is 1.15 bits per heavy atom. The highest BCUT2D eigenvalue weighted by Crippen LogP contribution is 2.35. The predicted octanol–water partition coefficient (Wildman–Crippen LogP) is 5.62. The number of rotatable bonds is 5. The quantitative estimate of drug-likeness (QED) is 0.618. The lowest BCUT2D eigenvalue weighted by molar-refractivity contribution is 0.202. The number of hydrogen-bond donors (Lipinski definition) is 0. The van der Waals surface area contributed by atoms with Gasteiger partial charge < -0.3 is 4.74 Å². The standard InChI is InChI=1S/C16H15BrCl2O/c1-20-9-8-11-2-4-12(5-3-11)16(19)14-7-6-13(18)10-15(14)17/h2-7,10,16H,8-9H2,1H3. The van der Waals surface area contributed by atoms with E-state index in [4.69, 9.17) is 27.9 Å². The molecule has 0 aliphatic carbocycles. The van der Waals surface area contributed by atoms with Crippen molar-refractivity contribution in [2.75, 3.05) is 13.7 Å². The van der Waals surface area contributed by atoms with E-state index in [-0.39, 0.29) is 5.38 Å². The Morgan fingerprint density at radius 2 is 1.85 bits per heavy atom. The molecule has 0 saturated heterocycles. The molecule has 0 aromatic heterocycles. The van der Waals surface area contributed by atoms with Crippen molar-refractivity contribution in [3.63, 3.8) is 0 Å². The maximum Gasteiger partial charge on any atom is 0.0846 e. The summed E-state index contributed by atoms with van der Waals surface area (Å²) in [5, 5.41) is 0.498. The summed E-state index contributed by atoms with van der Waals surface area (Å²) in [4.78, 5) is 0. The summed E-state index contributed by atoms with van der Waals surface area (Å²) >= 11 is 16.0. The van der Waals surface area contributed by atoms with Crippen LogP contribution in [-0.2, 0) is 11.2 Å². The largest absolute Gasteiger partial charge is 0.384 e. The summed E-state index contributed by atoms with van der Waals surface area (Å²) in [6.07, 6.45) is 0.911. The fourth-order valence-corrected chi connectivity index (χ4v) is 3.34. The van der Waals surface area contributed by atoms with Gasteiger partial charge in [0.1, 0.15) is 0 Å². The third-order valence-electron chi connectivity index (χ3n) is 3.10. The molecule has 0 bridgehead atoms. The molecule has 0 fully saturated rings. The lowest BCUT2D eigenvalue weighted by Gasteiger charge is -2.13. The second kappa shape index (κ2) is 7.46. The van der Waals surface area contributed by atoms with Gasteiger partial charge in [0.15, 0.2) is 0 Å². The maximum atomic E-state index is 6.55. The summed E-state index contributed by atoms with van der Waals surface area (Å²) in [7, 11) is 1.71. The number of hydrogen-bond acceptors (Lipinski definition) is 1. The highest BCUT2D eigenvalue weighted by Gasteiger charge is 2.14. The first kappa shape index (κ1) is 15.8. The van der Waals surface area contributed by atoms with Gasteiger partial charge in [0.05, 0.1) is 12.0 Å². The van der Waals surface area contributed by atoms with E-state index in [1.54, 1.807) is 7.11 Å². The Hall–Kier alpha value is -0.540. The van der Waals surface area contributed by atoms with E-state index in [0.29, 0.717) is 5.02 Å². The minimum absolute atomic E-state index is 0.196. The molecule has 2 rings (SSSR count). The van der Waals surface area contributed by atoms with Crippen molar-refractivity contribution in [1.82, 2.24) is 0 Å². The summed E-state index contributed by atoms with van der Waals surface area (Å²) in [6.45, 7) is 0.729. The van der Waals surface area contributed by atoms with Gasteiger partial charge in [0.25, 0.3) is 0 Å². The highest BCUT2D eigenvalue weighted by molar-refractivity contribution is 9.10. The summed E-state index contributed by atoms with van der Waals surface area (Å²) in [5.74, 6) is 0. The molecule has 1 atom stereocenters. The van der Waals surface area contributed by atoms with E-state index in [1.807, 2.05) is 18.2 Å². The van der Waals surface area contributed by atoms with Gasteiger partial charge in [-0.2, -0.15) is 0 Å². The van der Waals surface area contributed by atoms with Crippen LogP contribution in [0.15, 0.2) is 46.9 Å². The zero-order valence-electron chi connectivity index (χ0n) is 11.1.